The van der Waals surface area contributed by atoms with Crippen LogP contribution in [0, 0.1) is 0 Å². The van der Waals surface area contributed by atoms with Crippen molar-refractivity contribution < 1.29 is 9.47 Å². The van der Waals surface area contributed by atoms with Crippen LogP contribution in [0.25, 0.3) is 0 Å². The number of hydrogen-bond donors (Lipinski definition) is 1. The van der Waals surface area contributed by atoms with E-state index in [1.165, 1.54) is 5.56 Å². The molecule has 1 aromatic rings. The Balaban J connectivity index is 2.83. The van der Waals surface area contributed by atoms with E-state index in [1.54, 1.807) is 7.11 Å². The van der Waals surface area contributed by atoms with Gasteiger partial charge in [-0.25, -0.2) is 0 Å². The van der Waals surface area contributed by atoms with E-state index in [9.17, 15) is 0 Å². The monoisotopic (exact) mass is 221 g/mol. The molecule has 0 aliphatic carbocycles. The van der Waals surface area contributed by atoms with E-state index in [0.717, 1.165) is 23.6 Å². The van der Waals surface area contributed by atoms with Crippen LogP contribution in [-0.4, -0.2) is 20.8 Å². The fraction of sp³-hybridized carbons (Fsp3) is 0.385. The predicted molar refractivity (Wildman–Crippen MR) is 66.1 cm³/mol. The number of rotatable bonds is 6. The minimum absolute atomic E-state index is 0.513. The standard InChI is InChI=1S/C13H19NO2/c1-10(2)9-16-13-7-11(8-14-3)5-6-12(13)15-4/h5-7,14H,1,8-9H2,2-4H3. The molecule has 0 spiro atoms. The Morgan fingerprint density at radius 1 is 1.38 bits per heavy atom. The van der Waals surface area contributed by atoms with Gasteiger partial charge >= 0.3 is 0 Å². The minimum Gasteiger partial charge on any atom is -0.493 e. The lowest BCUT2D eigenvalue weighted by Crippen LogP contribution is -2.06. The van der Waals surface area contributed by atoms with Gasteiger partial charge in [0.15, 0.2) is 11.5 Å². The Kier molecular flexibility index (Phi) is 4.86. The summed E-state index contributed by atoms with van der Waals surface area (Å²) in [6, 6.07) is 5.92. The molecule has 3 heteroatoms. The minimum atomic E-state index is 0.513. The molecule has 0 amide bonds. The van der Waals surface area contributed by atoms with Crippen LogP contribution in [0.5, 0.6) is 11.5 Å². The summed E-state index contributed by atoms with van der Waals surface area (Å²) in [5.74, 6) is 1.51. The van der Waals surface area contributed by atoms with Gasteiger partial charge in [0, 0.05) is 6.54 Å². The Labute approximate surface area is 97.1 Å². The lowest BCUT2D eigenvalue weighted by atomic mass is 10.2. The van der Waals surface area contributed by atoms with E-state index in [2.05, 4.69) is 11.9 Å². The summed E-state index contributed by atoms with van der Waals surface area (Å²) in [4.78, 5) is 0. The van der Waals surface area contributed by atoms with Crippen molar-refractivity contribution in [3.63, 3.8) is 0 Å². The molecule has 0 saturated carbocycles. The molecule has 0 atom stereocenters. The molecule has 0 aromatic heterocycles. The molecule has 0 saturated heterocycles. The van der Waals surface area contributed by atoms with Gasteiger partial charge in [-0.05, 0) is 37.2 Å². The van der Waals surface area contributed by atoms with Crippen molar-refractivity contribution >= 4 is 0 Å². The van der Waals surface area contributed by atoms with E-state index in [4.69, 9.17) is 9.47 Å². The molecule has 1 rings (SSSR count). The molecule has 1 aromatic carbocycles. The molecule has 16 heavy (non-hydrogen) atoms. The zero-order valence-electron chi connectivity index (χ0n) is 10.2. The van der Waals surface area contributed by atoms with Crippen molar-refractivity contribution in [3.8, 4) is 11.5 Å². The van der Waals surface area contributed by atoms with Crippen molar-refractivity contribution in [1.82, 2.24) is 5.32 Å². The molecule has 0 bridgehead atoms. The summed E-state index contributed by atoms with van der Waals surface area (Å²) in [5, 5.41) is 3.10. The molecule has 0 aliphatic rings. The van der Waals surface area contributed by atoms with E-state index < -0.39 is 0 Å². The van der Waals surface area contributed by atoms with Crippen molar-refractivity contribution in [3.05, 3.63) is 35.9 Å². The lowest BCUT2D eigenvalue weighted by Gasteiger charge is -2.12. The third-order valence-electron chi connectivity index (χ3n) is 2.08. The topological polar surface area (TPSA) is 30.5 Å². The summed E-state index contributed by atoms with van der Waals surface area (Å²) in [6.07, 6.45) is 0. The van der Waals surface area contributed by atoms with E-state index in [-0.39, 0.29) is 0 Å². The SMILES string of the molecule is C=C(C)COc1cc(CNC)ccc1OC. The van der Waals surface area contributed by atoms with Crippen molar-refractivity contribution in [2.45, 2.75) is 13.5 Å². The average molecular weight is 221 g/mol. The third kappa shape index (κ3) is 3.59. The van der Waals surface area contributed by atoms with Crippen LogP contribution in [0.3, 0.4) is 0 Å². The van der Waals surface area contributed by atoms with Crippen LogP contribution in [0.15, 0.2) is 30.4 Å². The van der Waals surface area contributed by atoms with Crippen LogP contribution in [0.2, 0.25) is 0 Å². The molecule has 0 heterocycles. The smallest absolute Gasteiger partial charge is 0.161 e. The fourth-order valence-corrected chi connectivity index (χ4v) is 1.35. The third-order valence-corrected chi connectivity index (χ3v) is 2.08. The van der Waals surface area contributed by atoms with Gasteiger partial charge in [-0.1, -0.05) is 12.6 Å². The highest BCUT2D eigenvalue weighted by atomic mass is 16.5. The molecule has 0 unspecified atom stereocenters. The molecule has 0 aliphatic heterocycles. The molecule has 3 nitrogen and oxygen atoms in total. The largest absolute Gasteiger partial charge is 0.493 e. The Morgan fingerprint density at radius 2 is 2.12 bits per heavy atom. The van der Waals surface area contributed by atoms with Gasteiger partial charge in [0.05, 0.1) is 7.11 Å². The van der Waals surface area contributed by atoms with Gasteiger partial charge < -0.3 is 14.8 Å². The normalized spacial score (nSPS) is 9.94. The summed E-state index contributed by atoms with van der Waals surface area (Å²) in [7, 11) is 3.55. The Morgan fingerprint density at radius 3 is 2.69 bits per heavy atom. The molecular formula is C13H19NO2. The second kappa shape index (κ2) is 6.18. The van der Waals surface area contributed by atoms with E-state index >= 15 is 0 Å². The number of benzene rings is 1. The van der Waals surface area contributed by atoms with Gasteiger partial charge in [-0.3, -0.25) is 0 Å². The van der Waals surface area contributed by atoms with Crippen LogP contribution in [0.4, 0.5) is 0 Å². The Hall–Kier alpha value is -1.48. The fourth-order valence-electron chi connectivity index (χ4n) is 1.35. The summed E-state index contributed by atoms with van der Waals surface area (Å²) >= 11 is 0. The lowest BCUT2D eigenvalue weighted by molar-refractivity contribution is 0.319. The van der Waals surface area contributed by atoms with E-state index in [0.29, 0.717) is 6.61 Å². The zero-order chi connectivity index (χ0) is 12.0. The summed E-state index contributed by atoms with van der Waals surface area (Å²) in [6.45, 7) is 7.07. The number of ether oxygens (including phenoxy) is 2. The predicted octanol–water partition coefficient (Wildman–Crippen LogP) is 2.37. The van der Waals surface area contributed by atoms with Gasteiger partial charge in [0.25, 0.3) is 0 Å². The van der Waals surface area contributed by atoms with Crippen LogP contribution >= 0.6 is 0 Å². The van der Waals surface area contributed by atoms with Gasteiger partial charge in [0.2, 0.25) is 0 Å². The molecule has 0 radical (unpaired) electrons. The highest BCUT2D eigenvalue weighted by molar-refractivity contribution is 5.43. The quantitative estimate of drug-likeness (QED) is 0.748. The first-order valence-corrected chi connectivity index (χ1v) is 5.26. The van der Waals surface area contributed by atoms with Crippen molar-refractivity contribution in [2.75, 3.05) is 20.8 Å². The summed E-state index contributed by atoms with van der Waals surface area (Å²) in [5.41, 5.74) is 2.15. The number of nitrogens with one attached hydrogen (secondary N) is 1. The second-order valence-corrected chi connectivity index (χ2v) is 3.76. The summed E-state index contributed by atoms with van der Waals surface area (Å²) < 4.78 is 10.9. The van der Waals surface area contributed by atoms with Crippen molar-refractivity contribution in [2.24, 2.45) is 0 Å². The molecular weight excluding hydrogens is 202 g/mol. The van der Waals surface area contributed by atoms with Crippen LogP contribution < -0.4 is 14.8 Å². The average Bonchev–Trinajstić information content (AvgIpc) is 2.27. The van der Waals surface area contributed by atoms with Gasteiger partial charge in [-0.2, -0.15) is 0 Å². The van der Waals surface area contributed by atoms with E-state index in [1.807, 2.05) is 32.2 Å². The van der Waals surface area contributed by atoms with Crippen molar-refractivity contribution in [1.29, 1.82) is 0 Å². The maximum absolute atomic E-state index is 5.62. The first-order valence-electron chi connectivity index (χ1n) is 5.26. The maximum atomic E-state index is 5.62. The Bertz CT molecular complexity index is 361. The highest BCUT2D eigenvalue weighted by Gasteiger charge is 2.05. The molecule has 0 fully saturated rings. The second-order valence-electron chi connectivity index (χ2n) is 3.76. The first kappa shape index (κ1) is 12.6. The number of hydrogen-bond acceptors (Lipinski definition) is 3. The molecule has 1 N–H and O–H groups in total. The van der Waals surface area contributed by atoms with Crippen LogP contribution in [0.1, 0.15) is 12.5 Å². The number of methoxy groups -OCH3 is 1. The van der Waals surface area contributed by atoms with Crippen LogP contribution in [-0.2, 0) is 6.54 Å². The maximum Gasteiger partial charge on any atom is 0.161 e. The van der Waals surface area contributed by atoms with Gasteiger partial charge in [-0.15, -0.1) is 0 Å². The molecule has 88 valence electrons. The highest BCUT2D eigenvalue weighted by Crippen LogP contribution is 2.28. The van der Waals surface area contributed by atoms with Gasteiger partial charge in [0.1, 0.15) is 6.61 Å². The first-order chi connectivity index (χ1) is 7.67. The zero-order valence-corrected chi connectivity index (χ0v) is 10.2.